The highest BCUT2D eigenvalue weighted by Gasteiger charge is 2.20. The predicted molar refractivity (Wildman–Crippen MR) is 120 cm³/mol. The lowest BCUT2D eigenvalue weighted by Gasteiger charge is -2.24. The van der Waals surface area contributed by atoms with Crippen molar-refractivity contribution in [3.05, 3.63) is 47.5 Å². The third-order valence-electron chi connectivity index (χ3n) is 5.67. The van der Waals surface area contributed by atoms with Crippen molar-refractivity contribution in [2.45, 2.75) is 52.0 Å². The molecular weight excluding hydrogens is 408 g/mol. The largest absolute Gasteiger partial charge is 0.356 e. The van der Waals surface area contributed by atoms with Crippen molar-refractivity contribution < 1.29 is 14.4 Å². The molecule has 0 spiro atoms. The van der Waals surface area contributed by atoms with E-state index in [1.807, 2.05) is 18.2 Å². The topological polar surface area (TPSA) is 109 Å². The zero-order valence-electron chi connectivity index (χ0n) is 18.8. The zero-order valence-corrected chi connectivity index (χ0v) is 18.8. The molecule has 1 atom stereocenters. The molecule has 1 aromatic heterocycles. The van der Waals surface area contributed by atoms with Gasteiger partial charge in [-0.3, -0.25) is 14.4 Å². The number of aryl methyl sites for hydroxylation is 2. The summed E-state index contributed by atoms with van der Waals surface area (Å²) in [6, 6.07) is 10.1. The summed E-state index contributed by atoms with van der Waals surface area (Å²) in [6.45, 7) is 4.91. The van der Waals surface area contributed by atoms with Gasteiger partial charge in [0.05, 0.1) is 6.54 Å². The first-order valence-electron chi connectivity index (χ1n) is 11.2. The van der Waals surface area contributed by atoms with E-state index in [-0.39, 0.29) is 36.7 Å². The lowest BCUT2D eigenvalue weighted by atomic mass is 9.91. The van der Waals surface area contributed by atoms with Crippen LogP contribution >= 0.6 is 0 Å². The molecule has 1 aliphatic rings. The van der Waals surface area contributed by atoms with E-state index >= 15 is 0 Å². The molecule has 1 fully saturated rings. The van der Waals surface area contributed by atoms with E-state index in [1.54, 1.807) is 18.5 Å². The summed E-state index contributed by atoms with van der Waals surface area (Å²) < 4.78 is 1.55. The maximum atomic E-state index is 12.9. The van der Waals surface area contributed by atoms with Crippen LogP contribution in [-0.4, -0.2) is 63.6 Å². The molecule has 172 valence electrons. The zero-order chi connectivity index (χ0) is 22.9. The minimum absolute atomic E-state index is 0.0126. The van der Waals surface area contributed by atoms with Crippen LogP contribution in [0.5, 0.6) is 0 Å². The van der Waals surface area contributed by atoms with E-state index in [0.29, 0.717) is 44.1 Å². The lowest BCUT2D eigenvalue weighted by molar-refractivity contribution is -0.136. The average molecular weight is 441 g/mol. The summed E-state index contributed by atoms with van der Waals surface area (Å²) in [6.07, 6.45) is 2.46. The highest BCUT2D eigenvalue weighted by Crippen LogP contribution is 2.24. The fourth-order valence-corrected chi connectivity index (χ4v) is 3.94. The number of hydrogen-bond donors (Lipinski definition) is 2. The SMILES string of the molecule is Cc1nc(C)n(CC(=O)N2CCCNC(=O)CCC(c3ccccc3)CCNC(=O)C2)n1. The molecule has 0 radical (unpaired) electrons. The fraction of sp³-hybridized carbons (Fsp3) is 0.522. The summed E-state index contributed by atoms with van der Waals surface area (Å²) in [5.41, 5.74) is 1.16. The van der Waals surface area contributed by atoms with Gasteiger partial charge < -0.3 is 15.5 Å². The molecule has 3 amide bonds. The van der Waals surface area contributed by atoms with Crippen LogP contribution in [0.15, 0.2) is 30.3 Å². The number of benzene rings is 1. The molecule has 1 aromatic carbocycles. The van der Waals surface area contributed by atoms with Crippen LogP contribution in [0.2, 0.25) is 0 Å². The highest BCUT2D eigenvalue weighted by molar-refractivity contribution is 5.84. The molecule has 32 heavy (non-hydrogen) atoms. The standard InChI is InChI=1S/C23H32N6O3/c1-17-26-18(2)29(27-17)16-23(32)28-14-6-12-24-21(30)10-9-20(11-13-25-22(31)15-28)19-7-4-3-5-8-19/h3-5,7-8,20H,6,9-16H2,1-2H3,(H,24,30)(H,25,31). The number of nitrogens with one attached hydrogen (secondary N) is 2. The fourth-order valence-electron chi connectivity index (χ4n) is 3.94. The Morgan fingerprint density at radius 2 is 1.81 bits per heavy atom. The number of amides is 3. The first kappa shape index (κ1) is 23.4. The summed E-state index contributed by atoms with van der Waals surface area (Å²) >= 11 is 0. The Morgan fingerprint density at radius 1 is 1.06 bits per heavy atom. The normalized spacial score (nSPS) is 19.1. The van der Waals surface area contributed by atoms with E-state index in [9.17, 15) is 14.4 Å². The van der Waals surface area contributed by atoms with Crippen molar-refractivity contribution in [2.24, 2.45) is 0 Å². The van der Waals surface area contributed by atoms with Crippen molar-refractivity contribution >= 4 is 17.7 Å². The van der Waals surface area contributed by atoms with Gasteiger partial charge in [0.25, 0.3) is 0 Å². The highest BCUT2D eigenvalue weighted by atomic mass is 16.2. The van der Waals surface area contributed by atoms with Crippen molar-refractivity contribution in [1.29, 1.82) is 0 Å². The Morgan fingerprint density at radius 3 is 2.53 bits per heavy atom. The Balaban J connectivity index is 1.65. The molecular formula is C23H32N6O3. The van der Waals surface area contributed by atoms with E-state index in [2.05, 4.69) is 32.8 Å². The number of rotatable bonds is 3. The maximum Gasteiger partial charge on any atom is 0.244 e. The molecule has 0 bridgehead atoms. The first-order chi connectivity index (χ1) is 15.4. The average Bonchev–Trinajstić information content (AvgIpc) is 3.09. The van der Waals surface area contributed by atoms with Crippen LogP contribution in [-0.2, 0) is 20.9 Å². The summed E-state index contributed by atoms with van der Waals surface area (Å²) in [7, 11) is 0. The summed E-state index contributed by atoms with van der Waals surface area (Å²) in [5, 5.41) is 10.1. The Labute approximate surface area is 188 Å². The van der Waals surface area contributed by atoms with Crippen LogP contribution in [0.25, 0.3) is 0 Å². The third-order valence-corrected chi connectivity index (χ3v) is 5.67. The van der Waals surface area contributed by atoms with Crippen molar-refractivity contribution in [1.82, 2.24) is 30.3 Å². The van der Waals surface area contributed by atoms with E-state index in [0.717, 1.165) is 18.4 Å². The molecule has 0 saturated carbocycles. The number of hydrogen-bond acceptors (Lipinski definition) is 5. The van der Waals surface area contributed by atoms with Crippen LogP contribution < -0.4 is 10.6 Å². The summed E-state index contributed by atoms with van der Waals surface area (Å²) in [5.74, 6) is 1.07. The maximum absolute atomic E-state index is 12.9. The van der Waals surface area contributed by atoms with Crippen molar-refractivity contribution in [2.75, 3.05) is 26.2 Å². The van der Waals surface area contributed by atoms with Gasteiger partial charge in [-0.1, -0.05) is 30.3 Å². The second kappa shape index (κ2) is 11.4. The molecule has 2 heterocycles. The van der Waals surface area contributed by atoms with Crippen LogP contribution in [0.3, 0.4) is 0 Å². The Kier molecular flexibility index (Phi) is 8.35. The minimum Gasteiger partial charge on any atom is -0.356 e. The van der Waals surface area contributed by atoms with Gasteiger partial charge in [0.1, 0.15) is 18.2 Å². The van der Waals surface area contributed by atoms with Gasteiger partial charge in [0.2, 0.25) is 17.7 Å². The van der Waals surface area contributed by atoms with Gasteiger partial charge in [-0.05, 0) is 44.6 Å². The molecule has 1 unspecified atom stereocenters. The molecule has 2 N–H and O–H groups in total. The molecule has 0 aliphatic carbocycles. The van der Waals surface area contributed by atoms with Crippen LogP contribution in [0.4, 0.5) is 0 Å². The molecule has 1 aliphatic heterocycles. The number of carbonyl (C=O) groups excluding carboxylic acids is 3. The van der Waals surface area contributed by atoms with E-state index in [1.165, 1.54) is 4.90 Å². The van der Waals surface area contributed by atoms with Gasteiger partial charge in [-0.2, -0.15) is 5.10 Å². The Bertz CT molecular complexity index is 927. The van der Waals surface area contributed by atoms with Crippen LogP contribution in [0, 0.1) is 13.8 Å². The smallest absolute Gasteiger partial charge is 0.244 e. The van der Waals surface area contributed by atoms with Gasteiger partial charge in [-0.15, -0.1) is 0 Å². The number of nitrogens with zero attached hydrogens (tertiary/aromatic N) is 4. The van der Waals surface area contributed by atoms with Gasteiger partial charge in [-0.25, -0.2) is 9.67 Å². The third kappa shape index (κ3) is 6.90. The lowest BCUT2D eigenvalue weighted by Crippen LogP contribution is -2.44. The van der Waals surface area contributed by atoms with Crippen molar-refractivity contribution in [3.8, 4) is 0 Å². The first-order valence-corrected chi connectivity index (χ1v) is 11.2. The summed E-state index contributed by atoms with van der Waals surface area (Å²) in [4.78, 5) is 43.5. The quantitative estimate of drug-likeness (QED) is 0.748. The van der Waals surface area contributed by atoms with Gasteiger partial charge in [0, 0.05) is 26.1 Å². The minimum atomic E-state index is -0.200. The van der Waals surface area contributed by atoms with Crippen molar-refractivity contribution in [3.63, 3.8) is 0 Å². The molecule has 1 saturated heterocycles. The van der Waals surface area contributed by atoms with E-state index in [4.69, 9.17) is 0 Å². The monoisotopic (exact) mass is 440 g/mol. The second-order valence-electron chi connectivity index (χ2n) is 8.17. The molecule has 9 heteroatoms. The van der Waals surface area contributed by atoms with Crippen LogP contribution in [0.1, 0.15) is 48.8 Å². The van der Waals surface area contributed by atoms with Gasteiger partial charge >= 0.3 is 0 Å². The van der Waals surface area contributed by atoms with E-state index < -0.39 is 0 Å². The number of carbonyl (C=O) groups is 3. The predicted octanol–water partition coefficient (Wildman–Crippen LogP) is 1.31. The molecule has 3 rings (SSSR count). The molecule has 9 nitrogen and oxygen atoms in total. The second-order valence-corrected chi connectivity index (χ2v) is 8.17. The Hall–Kier alpha value is -3.23. The van der Waals surface area contributed by atoms with Gasteiger partial charge in [0.15, 0.2) is 0 Å². The number of aromatic nitrogens is 3. The molecule has 2 aromatic rings.